The van der Waals surface area contributed by atoms with Gasteiger partial charge in [-0.15, -0.1) is 0 Å². The molecule has 0 spiro atoms. The molecule has 22 heavy (non-hydrogen) atoms. The molecule has 0 unspecified atom stereocenters. The fraction of sp³-hybridized carbons (Fsp3) is 0.471. The Labute approximate surface area is 129 Å². The number of rotatable bonds is 5. The normalized spacial score (nSPS) is 19.5. The Morgan fingerprint density at radius 1 is 0.955 bits per heavy atom. The van der Waals surface area contributed by atoms with Gasteiger partial charge in [-0.05, 0) is 31.2 Å². The third-order valence-electron chi connectivity index (χ3n) is 4.46. The Morgan fingerprint density at radius 3 is 2.32 bits per heavy atom. The van der Waals surface area contributed by atoms with E-state index in [2.05, 4.69) is 0 Å². The van der Waals surface area contributed by atoms with E-state index in [9.17, 15) is 14.4 Å². The van der Waals surface area contributed by atoms with Crippen LogP contribution in [0, 0.1) is 0 Å². The van der Waals surface area contributed by atoms with Gasteiger partial charge in [0.25, 0.3) is 0 Å². The maximum atomic E-state index is 12.4. The molecule has 3 rings (SSSR count). The predicted molar refractivity (Wildman–Crippen MR) is 81.0 cm³/mol. The first kappa shape index (κ1) is 14.8. The highest BCUT2D eigenvalue weighted by molar-refractivity contribution is 6.44. The molecule has 1 saturated carbocycles. The number of imide groups is 2. The second-order valence-corrected chi connectivity index (χ2v) is 5.94. The van der Waals surface area contributed by atoms with Crippen LogP contribution in [0.4, 0.5) is 4.79 Å². The van der Waals surface area contributed by atoms with E-state index in [0.29, 0.717) is 13.0 Å². The molecule has 2 fully saturated rings. The van der Waals surface area contributed by atoms with Crippen LogP contribution in [-0.4, -0.2) is 40.2 Å². The second-order valence-electron chi connectivity index (χ2n) is 5.94. The van der Waals surface area contributed by atoms with E-state index in [1.807, 2.05) is 30.3 Å². The summed E-state index contributed by atoms with van der Waals surface area (Å²) in [6.45, 7) is 0.307. The number of aryl methyl sites for hydroxylation is 1. The molecule has 1 aliphatic heterocycles. The molecule has 1 aromatic rings. The van der Waals surface area contributed by atoms with E-state index in [1.54, 1.807) is 0 Å². The van der Waals surface area contributed by atoms with Crippen molar-refractivity contribution in [3.8, 4) is 0 Å². The summed E-state index contributed by atoms with van der Waals surface area (Å²) in [5, 5.41) is 0. The number of hydrogen-bond acceptors (Lipinski definition) is 3. The van der Waals surface area contributed by atoms with Gasteiger partial charge in [-0.1, -0.05) is 43.2 Å². The van der Waals surface area contributed by atoms with E-state index in [-0.39, 0.29) is 6.04 Å². The molecule has 5 nitrogen and oxygen atoms in total. The van der Waals surface area contributed by atoms with Crippen LogP contribution < -0.4 is 0 Å². The zero-order valence-electron chi connectivity index (χ0n) is 12.5. The van der Waals surface area contributed by atoms with Crippen molar-refractivity contribution >= 4 is 17.8 Å². The van der Waals surface area contributed by atoms with Crippen LogP contribution in [0.3, 0.4) is 0 Å². The van der Waals surface area contributed by atoms with Crippen molar-refractivity contribution in [1.82, 2.24) is 9.80 Å². The van der Waals surface area contributed by atoms with Crippen LogP contribution in [0.25, 0.3) is 0 Å². The Hall–Kier alpha value is -2.17. The number of hydrogen-bond donors (Lipinski definition) is 0. The first-order chi connectivity index (χ1) is 10.7. The minimum Gasteiger partial charge on any atom is -0.263 e. The Bertz CT molecular complexity index is 579. The molecular weight excluding hydrogens is 280 g/mol. The molecule has 0 aromatic heterocycles. The van der Waals surface area contributed by atoms with Crippen LogP contribution in [0.1, 0.15) is 37.7 Å². The number of nitrogens with zero attached hydrogens (tertiary/aromatic N) is 2. The Morgan fingerprint density at radius 2 is 1.64 bits per heavy atom. The van der Waals surface area contributed by atoms with Crippen LogP contribution in [0.15, 0.2) is 30.3 Å². The minimum absolute atomic E-state index is 0.0805. The van der Waals surface area contributed by atoms with Crippen molar-refractivity contribution in [1.29, 1.82) is 0 Å². The first-order valence-electron chi connectivity index (χ1n) is 7.91. The zero-order valence-corrected chi connectivity index (χ0v) is 12.5. The summed E-state index contributed by atoms with van der Waals surface area (Å²) in [6.07, 6.45) is 5.14. The highest BCUT2D eigenvalue weighted by Gasteiger charge is 2.47. The van der Waals surface area contributed by atoms with Gasteiger partial charge in [-0.25, -0.2) is 4.79 Å². The standard InChI is InChI=1S/C17H20N2O3/c20-15-16(21)19(14-10-4-5-11-14)17(22)18(15)12-6-9-13-7-2-1-3-8-13/h1-3,7-8,14H,4-6,9-12H2. The molecule has 1 saturated heterocycles. The van der Waals surface area contributed by atoms with Gasteiger partial charge in [0.05, 0.1) is 0 Å². The van der Waals surface area contributed by atoms with Crippen molar-refractivity contribution in [3.63, 3.8) is 0 Å². The molecule has 0 N–H and O–H groups in total. The van der Waals surface area contributed by atoms with Gasteiger partial charge < -0.3 is 0 Å². The quantitative estimate of drug-likeness (QED) is 0.619. The van der Waals surface area contributed by atoms with E-state index in [4.69, 9.17) is 0 Å². The monoisotopic (exact) mass is 300 g/mol. The molecular formula is C17H20N2O3. The summed E-state index contributed by atoms with van der Waals surface area (Å²) in [5.74, 6) is -1.30. The summed E-state index contributed by atoms with van der Waals surface area (Å²) in [4.78, 5) is 38.8. The SMILES string of the molecule is O=C1C(=O)N(C2CCCC2)C(=O)N1CCCc1ccccc1. The molecule has 0 atom stereocenters. The first-order valence-corrected chi connectivity index (χ1v) is 7.91. The van der Waals surface area contributed by atoms with Gasteiger partial charge >= 0.3 is 17.8 Å². The van der Waals surface area contributed by atoms with Crippen LogP contribution in [0.5, 0.6) is 0 Å². The lowest BCUT2D eigenvalue weighted by molar-refractivity contribution is -0.144. The number of amides is 4. The van der Waals surface area contributed by atoms with Crippen molar-refractivity contribution in [2.75, 3.05) is 6.54 Å². The average Bonchev–Trinajstić information content (AvgIpc) is 3.11. The predicted octanol–water partition coefficient (Wildman–Crippen LogP) is 2.35. The second kappa shape index (κ2) is 6.30. The molecule has 2 aliphatic rings. The third kappa shape index (κ3) is 2.75. The lowest BCUT2D eigenvalue weighted by Crippen LogP contribution is -2.40. The lowest BCUT2D eigenvalue weighted by Gasteiger charge is -2.21. The summed E-state index contributed by atoms with van der Waals surface area (Å²) in [7, 11) is 0. The molecule has 0 radical (unpaired) electrons. The fourth-order valence-corrected chi connectivity index (χ4v) is 3.29. The van der Waals surface area contributed by atoms with E-state index >= 15 is 0 Å². The average molecular weight is 300 g/mol. The van der Waals surface area contributed by atoms with E-state index < -0.39 is 17.8 Å². The third-order valence-corrected chi connectivity index (χ3v) is 4.46. The van der Waals surface area contributed by atoms with Crippen molar-refractivity contribution in [2.24, 2.45) is 0 Å². The summed E-state index contributed by atoms with van der Waals surface area (Å²) >= 11 is 0. The maximum absolute atomic E-state index is 12.4. The summed E-state index contributed by atoms with van der Waals surface area (Å²) < 4.78 is 0. The van der Waals surface area contributed by atoms with Crippen LogP contribution >= 0.6 is 0 Å². The number of urea groups is 1. The van der Waals surface area contributed by atoms with Gasteiger partial charge in [0, 0.05) is 12.6 Å². The zero-order chi connectivity index (χ0) is 15.5. The number of carbonyl (C=O) groups excluding carboxylic acids is 3. The highest BCUT2D eigenvalue weighted by Crippen LogP contribution is 2.27. The highest BCUT2D eigenvalue weighted by atomic mass is 16.2. The van der Waals surface area contributed by atoms with E-state index in [1.165, 1.54) is 10.5 Å². The number of benzene rings is 1. The molecule has 1 heterocycles. The van der Waals surface area contributed by atoms with Gasteiger partial charge in [-0.3, -0.25) is 19.4 Å². The van der Waals surface area contributed by atoms with Crippen molar-refractivity contribution < 1.29 is 14.4 Å². The smallest absolute Gasteiger partial charge is 0.263 e. The largest absolute Gasteiger partial charge is 0.334 e. The molecule has 1 aliphatic carbocycles. The lowest BCUT2D eigenvalue weighted by atomic mass is 10.1. The van der Waals surface area contributed by atoms with Gasteiger partial charge in [0.1, 0.15) is 0 Å². The molecule has 1 aromatic carbocycles. The van der Waals surface area contributed by atoms with Crippen molar-refractivity contribution in [3.05, 3.63) is 35.9 Å². The van der Waals surface area contributed by atoms with Gasteiger partial charge in [0.2, 0.25) is 0 Å². The number of carbonyl (C=O) groups is 3. The maximum Gasteiger partial charge on any atom is 0.334 e. The van der Waals surface area contributed by atoms with Crippen molar-refractivity contribution in [2.45, 2.75) is 44.6 Å². The van der Waals surface area contributed by atoms with E-state index in [0.717, 1.165) is 37.0 Å². The Kier molecular flexibility index (Phi) is 4.22. The fourth-order valence-electron chi connectivity index (χ4n) is 3.29. The molecule has 4 amide bonds. The van der Waals surface area contributed by atoms with Gasteiger partial charge in [0.15, 0.2) is 0 Å². The Balaban J connectivity index is 1.60. The summed E-state index contributed by atoms with van der Waals surface area (Å²) in [5.41, 5.74) is 1.17. The molecule has 5 heteroatoms. The summed E-state index contributed by atoms with van der Waals surface area (Å²) in [6, 6.07) is 9.42. The van der Waals surface area contributed by atoms with Gasteiger partial charge in [-0.2, -0.15) is 0 Å². The topological polar surface area (TPSA) is 57.7 Å². The minimum atomic E-state index is -0.662. The molecule has 0 bridgehead atoms. The molecule has 116 valence electrons. The van der Waals surface area contributed by atoms with Crippen LogP contribution in [0.2, 0.25) is 0 Å². The van der Waals surface area contributed by atoms with Crippen LogP contribution in [-0.2, 0) is 16.0 Å².